The van der Waals surface area contributed by atoms with Crippen molar-refractivity contribution in [3.05, 3.63) is 0 Å². The number of carbonyl (C=O) groups is 1. The van der Waals surface area contributed by atoms with Crippen LogP contribution < -0.4 is 0 Å². The van der Waals surface area contributed by atoms with E-state index in [2.05, 4.69) is 6.92 Å². The summed E-state index contributed by atoms with van der Waals surface area (Å²) < 4.78 is 0. The fourth-order valence-electron chi connectivity index (χ4n) is 2.57. The number of Topliss-reactive ketones (excluding diaryl/α,β-unsaturated/α-hetero) is 1. The fourth-order valence-corrected chi connectivity index (χ4v) is 2.57. The molecular weight excluding hydrogens is 160 g/mol. The molecule has 0 aliphatic heterocycles. The van der Waals surface area contributed by atoms with E-state index in [0.717, 1.165) is 12.3 Å². The van der Waals surface area contributed by atoms with Crippen LogP contribution in [0.3, 0.4) is 0 Å². The summed E-state index contributed by atoms with van der Waals surface area (Å²) in [5, 5.41) is 0. The molecule has 0 bridgehead atoms. The molecule has 1 aliphatic rings. The Hall–Kier alpha value is -0.330. The van der Waals surface area contributed by atoms with Gasteiger partial charge in [0.25, 0.3) is 0 Å². The zero-order chi connectivity index (χ0) is 9.68. The van der Waals surface area contributed by atoms with Crippen molar-refractivity contribution in [2.24, 2.45) is 11.8 Å². The maximum atomic E-state index is 10.9. The lowest BCUT2D eigenvalue weighted by atomic mass is 9.82. The molecule has 0 radical (unpaired) electrons. The highest BCUT2D eigenvalue weighted by Crippen LogP contribution is 2.29. The van der Waals surface area contributed by atoms with Crippen LogP contribution in [-0.4, -0.2) is 5.78 Å². The number of ketones is 1. The molecule has 0 saturated heterocycles. The smallest absolute Gasteiger partial charge is 0.130 e. The highest BCUT2D eigenvalue weighted by Gasteiger charge is 2.16. The van der Waals surface area contributed by atoms with Crippen LogP contribution in [0.5, 0.6) is 0 Å². The van der Waals surface area contributed by atoms with E-state index in [-0.39, 0.29) is 0 Å². The first-order chi connectivity index (χ1) is 6.18. The molecule has 1 rings (SSSR count). The molecule has 76 valence electrons. The summed E-state index contributed by atoms with van der Waals surface area (Å²) in [4.78, 5) is 10.9. The van der Waals surface area contributed by atoms with E-state index in [9.17, 15) is 4.79 Å². The molecule has 0 aromatic rings. The van der Waals surface area contributed by atoms with Gasteiger partial charge in [-0.2, -0.15) is 0 Å². The van der Waals surface area contributed by atoms with Gasteiger partial charge >= 0.3 is 0 Å². The van der Waals surface area contributed by atoms with E-state index in [0.29, 0.717) is 11.7 Å². The first-order valence-electron chi connectivity index (χ1n) is 5.68. The van der Waals surface area contributed by atoms with Crippen molar-refractivity contribution in [3.63, 3.8) is 0 Å². The molecule has 1 unspecified atom stereocenters. The standard InChI is InChI=1S/C12H22O/c1-10(8-11(2)13)9-12-6-4-3-5-7-12/h10,12H,3-9H2,1-2H3. The first kappa shape index (κ1) is 10.7. The van der Waals surface area contributed by atoms with E-state index in [1.807, 2.05) is 0 Å². The SMILES string of the molecule is CC(=O)CC(C)CC1CCCCC1. The Morgan fingerprint density at radius 2 is 1.92 bits per heavy atom. The summed E-state index contributed by atoms with van der Waals surface area (Å²) in [6, 6.07) is 0. The van der Waals surface area contributed by atoms with Crippen molar-refractivity contribution >= 4 is 5.78 Å². The van der Waals surface area contributed by atoms with E-state index in [1.165, 1.54) is 38.5 Å². The van der Waals surface area contributed by atoms with Crippen molar-refractivity contribution in [1.82, 2.24) is 0 Å². The van der Waals surface area contributed by atoms with Crippen LogP contribution in [0.1, 0.15) is 58.8 Å². The zero-order valence-corrected chi connectivity index (χ0v) is 9.01. The molecule has 13 heavy (non-hydrogen) atoms. The largest absolute Gasteiger partial charge is 0.300 e. The summed E-state index contributed by atoms with van der Waals surface area (Å²) in [7, 11) is 0. The third-order valence-electron chi connectivity index (χ3n) is 3.10. The number of hydrogen-bond donors (Lipinski definition) is 0. The Labute approximate surface area is 81.9 Å². The third-order valence-corrected chi connectivity index (χ3v) is 3.10. The second kappa shape index (κ2) is 5.41. The number of carbonyl (C=O) groups excluding carboxylic acids is 1. The highest BCUT2D eigenvalue weighted by molar-refractivity contribution is 5.75. The Kier molecular flexibility index (Phi) is 4.47. The molecule has 1 atom stereocenters. The van der Waals surface area contributed by atoms with Crippen LogP contribution in [-0.2, 0) is 4.79 Å². The maximum absolute atomic E-state index is 10.9. The molecule has 0 spiro atoms. The summed E-state index contributed by atoms with van der Waals surface area (Å²) >= 11 is 0. The van der Waals surface area contributed by atoms with Crippen molar-refractivity contribution < 1.29 is 4.79 Å². The molecule has 0 aromatic heterocycles. The fraction of sp³-hybridized carbons (Fsp3) is 0.917. The number of rotatable bonds is 4. The topological polar surface area (TPSA) is 17.1 Å². The van der Waals surface area contributed by atoms with Crippen LogP contribution in [0.25, 0.3) is 0 Å². The van der Waals surface area contributed by atoms with Gasteiger partial charge in [0.05, 0.1) is 0 Å². The minimum absolute atomic E-state index is 0.350. The minimum Gasteiger partial charge on any atom is -0.300 e. The van der Waals surface area contributed by atoms with Crippen LogP contribution in [0, 0.1) is 11.8 Å². The summed E-state index contributed by atoms with van der Waals surface area (Å²) in [6.07, 6.45) is 9.13. The second-order valence-corrected chi connectivity index (χ2v) is 4.75. The molecule has 1 saturated carbocycles. The monoisotopic (exact) mass is 182 g/mol. The van der Waals surface area contributed by atoms with Gasteiger partial charge in [-0.25, -0.2) is 0 Å². The van der Waals surface area contributed by atoms with Gasteiger partial charge in [0, 0.05) is 6.42 Å². The molecule has 1 aliphatic carbocycles. The van der Waals surface area contributed by atoms with E-state index in [1.54, 1.807) is 6.92 Å². The quantitative estimate of drug-likeness (QED) is 0.649. The van der Waals surface area contributed by atoms with Crippen molar-refractivity contribution in [1.29, 1.82) is 0 Å². The molecule has 1 fully saturated rings. The number of hydrogen-bond acceptors (Lipinski definition) is 1. The van der Waals surface area contributed by atoms with Crippen LogP contribution >= 0.6 is 0 Å². The molecule has 0 aromatic carbocycles. The Bertz CT molecular complexity index is 157. The lowest BCUT2D eigenvalue weighted by Gasteiger charge is -2.24. The zero-order valence-electron chi connectivity index (χ0n) is 9.01. The van der Waals surface area contributed by atoms with Crippen LogP contribution in [0.4, 0.5) is 0 Å². The van der Waals surface area contributed by atoms with Crippen LogP contribution in [0.15, 0.2) is 0 Å². The van der Waals surface area contributed by atoms with Gasteiger partial charge in [0.15, 0.2) is 0 Å². The molecule has 1 nitrogen and oxygen atoms in total. The van der Waals surface area contributed by atoms with Crippen molar-refractivity contribution in [2.75, 3.05) is 0 Å². The minimum atomic E-state index is 0.350. The van der Waals surface area contributed by atoms with Crippen LogP contribution in [0.2, 0.25) is 0 Å². The Balaban J connectivity index is 2.18. The lowest BCUT2D eigenvalue weighted by Crippen LogP contribution is -2.12. The van der Waals surface area contributed by atoms with Gasteiger partial charge in [-0.05, 0) is 25.2 Å². The average Bonchev–Trinajstić information content (AvgIpc) is 2.04. The van der Waals surface area contributed by atoms with E-state index in [4.69, 9.17) is 0 Å². The third kappa shape index (κ3) is 4.44. The molecule has 1 heteroatoms. The predicted octanol–water partition coefficient (Wildman–Crippen LogP) is 3.57. The normalized spacial score (nSPS) is 21.4. The van der Waals surface area contributed by atoms with Gasteiger partial charge in [0.2, 0.25) is 0 Å². The average molecular weight is 182 g/mol. The van der Waals surface area contributed by atoms with Gasteiger partial charge < -0.3 is 4.79 Å². The second-order valence-electron chi connectivity index (χ2n) is 4.75. The summed E-state index contributed by atoms with van der Waals surface area (Å²) in [5.41, 5.74) is 0. The highest BCUT2D eigenvalue weighted by atomic mass is 16.1. The molecule has 0 heterocycles. The predicted molar refractivity (Wildman–Crippen MR) is 55.7 cm³/mol. The Morgan fingerprint density at radius 1 is 1.31 bits per heavy atom. The molecule has 0 amide bonds. The maximum Gasteiger partial charge on any atom is 0.130 e. The summed E-state index contributed by atoms with van der Waals surface area (Å²) in [6.45, 7) is 3.92. The van der Waals surface area contributed by atoms with Crippen molar-refractivity contribution in [2.45, 2.75) is 58.8 Å². The van der Waals surface area contributed by atoms with Crippen molar-refractivity contribution in [3.8, 4) is 0 Å². The van der Waals surface area contributed by atoms with E-state index >= 15 is 0 Å². The molecule has 0 N–H and O–H groups in total. The van der Waals surface area contributed by atoms with Gasteiger partial charge in [-0.15, -0.1) is 0 Å². The van der Waals surface area contributed by atoms with E-state index < -0.39 is 0 Å². The Morgan fingerprint density at radius 3 is 2.46 bits per heavy atom. The van der Waals surface area contributed by atoms with Gasteiger partial charge in [0.1, 0.15) is 5.78 Å². The summed E-state index contributed by atoms with van der Waals surface area (Å²) in [5.74, 6) is 1.88. The van der Waals surface area contributed by atoms with Gasteiger partial charge in [-0.1, -0.05) is 39.0 Å². The lowest BCUT2D eigenvalue weighted by molar-refractivity contribution is -0.117. The van der Waals surface area contributed by atoms with Gasteiger partial charge in [-0.3, -0.25) is 0 Å². The molecular formula is C12H22O. The first-order valence-corrected chi connectivity index (χ1v) is 5.68.